The van der Waals surface area contributed by atoms with Gasteiger partial charge in [-0.2, -0.15) is 0 Å². The molecule has 1 unspecified atom stereocenters. The lowest BCUT2D eigenvalue weighted by atomic mass is 10.3. The Balaban J connectivity index is 3.03. The third-order valence-corrected chi connectivity index (χ3v) is 3.70. The Morgan fingerprint density at radius 3 is 2.50 bits per heavy atom. The van der Waals surface area contributed by atoms with E-state index in [-0.39, 0.29) is 5.91 Å². The second-order valence-electron chi connectivity index (χ2n) is 3.90. The maximum Gasteiger partial charge on any atom is 0.317 e. The summed E-state index contributed by atoms with van der Waals surface area (Å²) in [5.74, 6) is -2.73. The number of amides is 1. The molecule has 0 radical (unpaired) electrons. The van der Waals surface area contributed by atoms with Crippen LogP contribution in [0.15, 0.2) is 28.0 Å². The van der Waals surface area contributed by atoms with Crippen molar-refractivity contribution in [1.29, 1.82) is 0 Å². The van der Waals surface area contributed by atoms with Crippen LogP contribution in [0.5, 0.6) is 0 Å². The number of rotatable bonds is 6. The number of benzene rings is 1. The van der Waals surface area contributed by atoms with Gasteiger partial charge in [-0.3, -0.25) is 14.4 Å². The lowest BCUT2D eigenvalue weighted by Gasteiger charge is -2.14. The van der Waals surface area contributed by atoms with Crippen LogP contribution < -0.4 is 5.32 Å². The van der Waals surface area contributed by atoms with E-state index in [1.165, 1.54) is 6.92 Å². The summed E-state index contributed by atoms with van der Waals surface area (Å²) in [7, 11) is 0. The highest BCUT2D eigenvalue weighted by Crippen LogP contribution is 2.34. The largest absolute Gasteiger partial charge is 0.481 e. The van der Waals surface area contributed by atoms with Crippen molar-refractivity contribution in [3.8, 4) is 0 Å². The maximum atomic E-state index is 11.1. The molecule has 0 saturated heterocycles. The minimum atomic E-state index is -1.23. The molecule has 108 valence electrons. The van der Waals surface area contributed by atoms with E-state index < -0.39 is 23.6 Å². The average Bonchev–Trinajstić information content (AvgIpc) is 2.30. The van der Waals surface area contributed by atoms with Crippen molar-refractivity contribution >= 4 is 47.9 Å². The van der Waals surface area contributed by atoms with Gasteiger partial charge in [-0.1, -0.05) is 0 Å². The summed E-state index contributed by atoms with van der Waals surface area (Å²) < 4.78 is 0. The van der Waals surface area contributed by atoms with Crippen LogP contribution in [-0.4, -0.2) is 33.3 Å². The molecule has 0 aliphatic heterocycles. The number of aliphatic carboxylic acids is 2. The molecule has 0 aromatic heterocycles. The summed E-state index contributed by atoms with van der Waals surface area (Å²) >= 11 is 5.01. The third-order valence-electron chi connectivity index (χ3n) is 2.18. The van der Waals surface area contributed by atoms with Gasteiger partial charge in [0.15, 0.2) is 0 Å². The Morgan fingerprint density at radius 2 is 2.00 bits per heavy atom. The molecule has 1 aromatic rings. The number of anilines is 1. The third kappa shape index (κ3) is 5.14. The molecule has 8 heteroatoms. The second-order valence-corrected chi connectivity index (χ2v) is 5.67. The molecule has 3 N–H and O–H groups in total. The predicted molar refractivity (Wildman–Crippen MR) is 77.5 cm³/mol. The summed E-state index contributed by atoms with van der Waals surface area (Å²) in [5.41, 5.74) is 0.428. The van der Waals surface area contributed by atoms with Gasteiger partial charge in [0, 0.05) is 16.7 Å². The van der Waals surface area contributed by atoms with Gasteiger partial charge in [-0.25, -0.2) is 0 Å². The molecule has 1 atom stereocenters. The molecule has 0 fully saturated rings. The monoisotopic (exact) mass is 315 g/mol. The van der Waals surface area contributed by atoms with E-state index in [0.29, 0.717) is 15.5 Å². The van der Waals surface area contributed by atoms with Crippen molar-refractivity contribution in [2.24, 2.45) is 0 Å². The number of nitrogens with one attached hydrogen (secondary N) is 1. The van der Waals surface area contributed by atoms with E-state index in [2.05, 4.69) is 17.9 Å². The fourth-order valence-corrected chi connectivity index (χ4v) is 2.76. The van der Waals surface area contributed by atoms with Gasteiger partial charge in [0.25, 0.3) is 0 Å². The van der Waals surface area contributed by atoms with Gasteiger partial charge in [0.1, 0.15) is 5.25 Å². The molecule has 1 rings (SSSR count). The number of carbonyl (C=O) groups is 3. The first-order chi connectivity index (χ1) is 9.29. The Hall–Kier alpha value is -1.67. The van der Waals surface area contributed by atoms with Crippen molar-refractivity contribution in [1.82, 2.24) is 0 Å². The number of thioether (sulfide) groups is 1. The molecule has 0 aliphatic rings. The molecule has 0 saturated carbocycles. The zero-order valence-corrected chi connectivity index (χ0v) is 12.2. The Kier molecular flexibility index (Phi) is 5.90. The second kappa shape index (κ2) is 7.20. The van der Waals surface area contributed by atoms with Crippen LogP contribution in [0, 0.1) is 0 Å². The first kappa shape index (κ1) is 16.4. The molecule has 1 aromatic carbocycles. The summed E-state index contributed by atoms with van der Waals surface area (Å²) in [6.07, 6.45) is -0.518. The first-order valence-corrected chi connectivity index (χ1v) is 6.84. The van der Waals surface area contributed by atoms with Crippen molar-refractivity contribution < 1.29 is 24.6 Å². The Morgan fingerprint density at radius 1 is 1.35 bits per heavy atom. The zero-order valence-electron chi connectivity index (χ0n) is 10.5. The van der Waals surface area contributed by atoms with E-state index in [0.717, 1.165) is 11.8 Å². The molecule has 20 heavy (non-hydrogen) atoms. The zero-order chi connectivity index (χ0) is 15.3. The number of carboxylic acids is 2. The predicted octanol–water partition coefficient (Wildman–Crippen LogP) is 1.95. The van der Waals surface area contributed by atoms with Gasteiger partial charge in [-0.05, 0) is 18.2 Å². The van der Waals surface area contributed by atoms with Crippen LogP contribution in [0.25, 0.3) is 0 Å². The van der Waals surface area contributed by atoms with Gasteiger partial charge in [0.2, 0.25) is 5.91 Å². The van der Waals surface area contributed by atoms with E-state index in [4.69, 9.17) is 10.2 Å². The maximum absolute atomic E-state index is 11.1. The highest BCUT2D eigenvalue weighted by atomic mass is 32.2. The van der Waals surface area contributed by atoms with Gasteiger partial charge < -0.3 is 15.5 Å². The minimum absolute atomic E-state index is 0.302. The van der Waals surface area contributed by atoms with Crippen molar-refractivity contribution in [2.45, 2.75) is 28.4 Å². The molecule has 1 amide bonds. The topological polar surface area (TPSA) is 104 Å². The summed E-state index contributed by atoms with van der Waals surface area (Å²) in [4.78, 5) is 33.9. The number of carbonyl (C=O) groups excluding carboxylic acids is 1. The lowest BCUT2D eigenvalue weighted by molar-refractivity contribution is -0.142. The van der Waals surface area contributed by atoms with Crippen molar-refractivity contribution in [3.05, 3.63) is 18.2 Å². The number of hydrogen-bond donors (Lipinski definition) is 4. The first-order valence-electron chi connectivity index (χ1n) is 5.51. The van der Waals surface area contributed by atoms with E-state index in [1.54, 1.807) is 18.2 Å². The average molecular weight is 315 g/mol. The lowest BCUT2D eigenvalue weighted by Crippen LogP contribution is -2.20. The van der Waals surface area contributed by atoms with Gasteiger partial charge >= 0.3 is 11.9 Å². The molecule has 0 bridgehead atoms. The van der Waals surface area contributed by atoms with Crippen LogP contribution in [0.4, 0.5) is 5.69 Å². The molecule has 6 nitrogen and oxygen atoms in total. The molecule has 0 spiro atoms. The SMILES string of the molecule is CC(=O)Nc1ccc(S)cc1SC(CC(=O)O)C(=O)O. The standard InChI is InChI=1S/C12H13NO5S2/c1-6(14)13-8-3-2-7(19)4-9(8)20-10(12(17)18)5-11(15)16/h2-4,10,19H,5H2,1H3,(H,13,14)(H,15,16)(H,17,18). The smallest absolute Gasteiger partial charge is 0.317 e. The van der Waals surface area contributed by atoms with Crippen LogP contribution in [0.1, 0.15) is 13.3 Å². The van der Waals surface area contributed by atoms with E-state index >= 15 is 0 Å². The quantitative estimate of drug-likeness (QED) is 0.472. The minimum Gasteiger partial charge on any atom is -0.481 e. The normalized spacial score (nSPS) is 11.7. The molecular formula is C12H13NO5S2. The Labute approximate surface area is 125 Å². The molecular weight excluding hydrogens is 302 g/mol. The Bertz CT molecular complexity index is 547. The summed E-state index contributed by atoms with van der Waals surface area (Å²) in [6, 6.07) is 4.81. The highest BCUT2D eigenvalue weighted by molar-refractivity contribution is 8.00. The van der Waals surface area contributed by atoms with Crippen molar-refractivity contribution in [3.63, 3.8) is 0 Å². The van der Waals surface area contributed by atoms with Crippen molar-refractivity contribution in [2.75, 3.05) is 5.32 Å². The molecule has 0 aliphatic carbocycles. The van der Waals surface area contributed by atoms with E-state index in [9.17, 15) is 14.4 Å². The molecule has 0 heterocycles. The van der Waals surface area contributed by atoms with E-state index in [1.807, 2.05) is 0 Å². The number of hydrogen-bond acceptors (Lipinski definition) is 5. The summed E-state index contributed by atoms with van der Waals surface area (Å²) in [5, 5.41) is 19.2. The van der Waals surface area contributed by atoms with Crippen LogP contribution in [0.3, 0.4) is 0 Å². The van der Waals surface area contributed by atoms with Crippen LogP contribution in [-0.2, 0) is 14.4 Å². The fraction of sp³-hybridized carbons (Fsp3) is 0.250. The van der Waals surface area contributed by atoms with Crippen LogP contribution in [0.2, 0.25) is 0 Å². The highest BCUT2D eigenvalue weighted by Gasteiger charge is 2.23. The summed E-state index contributed by atoms with van der Waals surface area (Å²) in [6.45, 7) is 1.33. The van der Waals surface area contributed by atoms with Gasteiger partial charge in [0.05, 0.1) is 12.1 Å². The fourth-order valence-electron chi connectivity index (χ4n) is 1.39. The van der Waals surface area contributed by atoms with Gasteiger partial charge in [-0.15, -0.1) is 24.4 Å². The van der Waals surface area contributed by atoms with Crippen LogP contribution >= 0.6 is 24.4 Å². The number of thiol groups is 1. The number of carboxylic acid groups (broad SMARTS) is 2.